The summed E-state index contributed by atoms with van der Waals surface area (Å²) in [6.07, 6.45) is 17.4. The van der Waals surface area contributed by atoms with E-state index in [1.54, 1.807) is 6.08 Å². The summed E-state index contributed by atoms with van der Waals surface area (Å²) in [5.74, 6) is 0.0708. The second-order valence-electron chi connectivity index (χ2n) is 2.96. The summed E-state index contributed by atoms with van der Waals surface area (Å²) in [4.78, 5) is 10.5. The second-order valence-corrected chi connectivity index (χ2v) is 2.96. The Kier molecular flexibility index (Phi) is 8.77. The van der Waals surface area contributed by atoms with Crippen molar-refractivity contribution < 1.29 is 4.79 Å². The van der Waals surface area contributed by atoms with Crippen molar-refractivity contribution in [2.24, 2.45) is 0 Å². The zero-order valence-corrected chi connectivity index (χ0v) is 8.94. The highest BCUT2D eigenvalue weighted by Gasteiger charge is 1.75. The first-order chi connectivity index (χ1) is 6.77. The number of allylic oxidation sites excluding steroid dienone is 8. The SMILES string of the molecule is CCCC=CC=CC=CC=CC(C)=O. The van der Waals surface area contributed by atoms with E-state index in [0.29, 0.717) is 0 Å². The van der Waals surface area contributed by atoms with Gasteiger partial charge in [0.2, 0.25) is 0 Å². The maximum absolute atomic E-state index is 10.5. The van der Waals surface area contributed by atoms with Crippen LogP contribution in [0.5, 0.6) is 0 Å². The molecule has 0 aromatic carbocycles. The number of hydrogen-bond acceptors (Lipinski definition) is 1. The fourth-order valence-electron chi connectivity index (χ4n) is 0.789. The summed E-state index contributed by atoms with van der Waals surface area (Å²) in [6, 6.07) is 0. The summed E-state index contributed by atoms with van der Waals surface area (Å²) in [6.45, 7) is 3.69. The molecule has 0 aromatic heterocycles. The van der Waals surface area contributed by atoms with E-state index in [4.69, 9.17) is 0 Å². The second kappa shape index (κ2) is 9.72. The van der Waals surface area contributed by atoms with Crippen molar-refractivity contribution in [1.29, 1.82) is 0 Å². The number of rotatable bonds is 6. The lowest BCUT2D eigenvalue weighted by molar-refractivity contribution is -0.112. The molecule has 1 heteroatoms. The number of carbonyl (C=O) groups excluding carboxylic acids is 1. The van der Waals surface area contributed by atoms with Gasteiger partial charge in [0.1, 0.15) is 0 Å². The first-order valence-corrected chi connectivity index (χ1v) is 4.94. The van der Waals surface area contributed by atoms with Crippen LogP contribution in [0, 0.1) is 0 Å². The predicted molar refractivity (Wildman–Crippen MR) is 62.1 cm³/mol. The summed E-state index contributed by atoms with van der Waals surface area (Å²) in [5.41, 5.74) is 0. The van der Waals surface area contributed by atoms with Gasteiger partial charge in [-0.25, -0.2) is 0 Å². The van der Waals surface area contributed by atoms with Crippen molar-refractivity contribution >= 4 is 5.78 Å². The lowest BCUT2D eigenvalue weighted by atomic mass is 10.3. The molecule has 0 amide bonds. The van der Waals surface area contributed by atoms with E-state index in [0.717, 1.165) is 6.42 Å². The van der Waals surface area contributed by atoms with Crippen LogP contribution in [0.1, 0.15) is 26.7 Å². The van der Waals surface area contributed by atoms with Gasteiger partial charge >= 0.3 is 0 Å². The van der Waals surface area contributed by atoms with Gasteiger partial charge in [-0.05, 0) is 19.4 Å². The molecule has 0 radical (unpaired) electrons. The maximum Gasteiger partial charge on any atom is 0.152 e. The van der Waals surface area contributed by atoms with Crippen molar-refractivity contribution in [2.75, 3.05) is 0 Å². The largest absolute Gasteiger partial charge is 0.295 e. The van der Waals surface area contributed by atoms with E-state index in [9.17, 15) is 4.79 Å². The fourth-order valence-corrected chi connectivity index (χ4v) is 0.789. The molecule has 0 bridgehead atoms. The van der Waals surface area contributed by atoms with Gasteiger partial charge in [0.25, 0.3) is 0 Å². The predicted octanol–water partition coefficient (Wildman–Crippen LogP) is 3.60. The van der Waals surface area contributed by atoms with Crippen LogP contribution in [-0.2, 0) is 4.79 Å². The van der Waals surface area contributed by atoms with Gasteiger partial charge in [-0.15, -0.1) is 0 Å². The Labute approximate surface area is 86.5 Å². The van der Waals surface area contributed by atoms with Gasteiger partial charge in [-0.1, -0.05) is 55.9 Å². The van der Waals surface area contributed by atoms with Crippen LogP contribution < -0.4 is 0 Å². The Bertz CT molecular complexity index is 254. The molecule has 0 heterocycles. The van der Waals surface area contributed by atoms with Gasteiger partial charge in [-0.2, -0.15) is 0 Å². The van der Waals surface area contributed by atoms with E-state index in [-0.39, 0.29) is 5.78 Å². The standard InChI is InChI=1S/C13H18O/c1-3-4-5-6-7-8-9-10-11-12-13(2)14/h5-12H,3-4H2,1-2H3. The highest BCUT2D eigenvalue weighted by Crippen LogP contribution is 1.89. The molecule has 14 heavy (non-hydrogen) atoms. The first kappa shape index (κ1) is 12.6. The lowest BCUT2D eigenvalue weighted by Gasteiger charge is -1.79. The van der Waals surface area contributed by atoms with E-state index < -0.39 is 0 Å². The third kappa shape index (κ3) is 10.6. The number of carbonyl (C=O) groups is 1. The molecule has 0 aliphatic heterocycles. The van der Waals surface area contributed by atoms with Crippen molar-refractivity contribution in [3.63, 3.8) is 0 Å². The van der Waals surface area contributed by atoms with Crippen molar-refractivity contribution in [2.45, 2.75) is 26.7 Å². The van der Waals surface area contributed by atoms with E-state index in [1.165, 1.54) is 19.4 Å². The molecule has 0 fully saturated rings. The molecule has 0 N–H and O–H groups in total. The Hall–Kier alpha value is -1.37. The zero-order valence-electron chi connectivity index (χ0n) is 8.94. The molecule has 1 nitrogen and oxygen atoms in total. The molecule has 76 valence electrons. The third-order valence-corrected chi connectivity index (χ3v) is 1.48. The third-order valence-electron chi connectivity index (χ3n) is 1.48. The average Bonchev–Trinajstić information content (AvgIpc) is 2.15. The van der Waals surface area contributed by atoms with Gasteiger partial charge in [-0.3, -0.25) is 4.79 Å². The Morgan fingerprint density at radius 2 is 1.57 bits per heavy atom. The monoisotopic (exact) mass is 190 g/mol. The minimum Gasteiger partial charge on any atom is -0.295 e. The smallest absolute Gasteiger partial charge is 0.152 e. The fraction of sp³-hybridized carbons (Fsp3) is 0.308. The molecule has 0 saturated heterocycles. The molecule has 0 aliphatic rings. The summed E-state index contributed by atoms with van der Waals surface area (Å²) < 4.78 is 0. The molecule has 0 atom stereocenters. The van der Waals surface area contributed by atoms with Gasteiger partial charge in [0.05, 0.1) is 0 Å². The van der Waals surface area contributed by atoms with E-state index in [2.05, 4.69) is 13.0 Å². The van der Waals surface area contributed by atoms with Crippen LogP contribution in [0.4, 0.5) is 0 Å². The maximum atomic E-state index is 10.5. The van der Waals surface area contributed by atoms with Gasteiger partial charge < -0.3 is 0 Å². The number of ketones is 1. The van der Waals surface area contributed by atoms with Crippen LogP contribution in [0.15, 0.2) is 48.6 Å². The lowest BCUT2D eigenvalue weighted by Crippen LogP contribution is -1.77. The molecule has 0 spiro atoms. The van der Waals surface area contributed by atoms with Crippen LogP contribution in [0.25, 0.3) is 0 Å². The minimum atomic E-state index is 0.0708. The molecule has 0 aliphatic carbocycles. The normalized spacial score (nSPS) is 12.7. The molecule has 0 saturated carbocycles. The van der Waals surface area contributed by atoms with Crippen molar-refractivity contribution in [3.8, 4) is 0 Å². The first-order valence-electron chi connectivity index (χ1n) is 4.94. The van der Waals surface area contributed by atoms with Crippen molar-refractivity contribution in [1.82, 2.24) is 0 Å². The van der Waals surface area contributed by atoms with Crippen LogP contribution in [0.3, 0.4) is 0 Å². The molecule has 0 unspecified atom stereocenters. The zero-order chi connectivity index (χ0) is 10.6. The quantitative estimate of drug-likeness (QED) is 0.462. The van der Waals surface area contributed by atoms with E-state index >= 15 is 0 Å². The van der Waals surface area contributed by atoms with Crippen LogP contribution >= 0.6 is 0 Å². The molecule has 0 rings (SSSR count). The van der Waals surface area contributed by atoms with Crippen LogP contribution in [-0.4, -0.2) is 5.78 Å². The molecular formula is C13H18O. The highest BCUT2D eigenvalue weighted by molar-refractivity contribution is 5.87. The summed E-state index contributed by atoms with van der Waals surface area (Å²) in [7, 11) is 0. The number of hydrogen-bond donors (Lipinski definition) is 0. The summed E-state index contributed by atoms with van der Waals surface area (Å²) >= 11 is 0. The summed E-state index contributed by atoms with van der Waals surface area (Å²) in [5, 5.41) is 0. The van der Waals surface area contributed by atoms with Gasteiger partial charge in [0, 0.05) is 0 Å². The Morgan fingerprint density at radius 1 is 1.00 bits per heavy atom. The molecule has 0 aromatic rings. The minimum absolute atomic E-state index is 0.0708. The highest BCUT2D eigenvalue weighted by atomic mass is 16.1. The van der Waals surface area contributed by atoms with E-state index in [1.807, 2.05) is 30.4 Å². The van der Waals surface area contributed by atoms with Gasteiger partial charge in [0.15, 0.2) is 5.78 Å². The topological polar surface area (TPSA) is 17.1 Å². The number of unbranched alkanes of at least 4 members (excludes halogenated alkanes) is 1. The Balaban J connectivity index is 3.65. The molecular weight excluding hydrogens is 172 g/mol. The van der Waals surface area contributed by atoms with Crippen molar-refractivity contribution in [3.05, 3.63) is 48.6 Å². The Morgan fingerprint density at radius 3 is 2.14 bits per heavy atom. The van der Waals surface area contributed by atoms with Crippen LogP contribution in [0.2, 0.25) is 0 Å². The average molecular weight is 190 g/mol.